The van der Waals surface area contributed by atoms with Crippen LogP contribution in [0.3, 0.4) is 0 Å². The van der Waals surface area contributed by atoms with Gasteiger partial charge in [-0.25, -0.2) is 8.42 Å². The molecule has 0 atom stereocenters. The molecule has 3 rings (SSSR count). The van der Waals surface area contributed by atoms with Crippen molar-refractivity contribution in [3.63, 3.8) is 0 Å². The lowest BCUT2D eigenvalue weighted by Crippen LogP contribution is -3.61. The molecule has 0 radical (unpaired) electrons. The third-order valence-corrected chi connectivity index (χ3v) is 11.3. The van der Waals surface area contributed by atoms with Crippen molar-refractivity contribution in [3.8, 4) is 0 Å². The Balaban J connectivity index is 0.000000300. The second kappa shape index (κ2) is 18.3. The second-order valence-corrected chi connectivity index (χ2v) is 18.0. The molecule has 0 fully saturated rings. The van der Waals surface area contributed by atoms with E-state index in [1.165, 1.54) is 75.7 Å². The fourth-order valence-electron chi connectivity index (χ4n) is 4.91. The minimum atomic E-state index is -4.35. The largest absolute Gasteiger partial charge is 0.744 e. The molecule has 5 heteroatoms. The number of benzene rings is 3. The van der Waals surface area contributed by atoms with Crippen LogP contribution in [0.1, 0.15) is 129 Å². The van der Waals surface area contributed by atoms with E-state index in [0.717, 1.165) is 12.8 Å². The van der Waals surface area contributed by atoms with Gasteiger partial charge in [-0.05, 0) is 70.7 Å². The molecule has 238 valence electrons. The highest BCUT2D eigenvalue weighted by Gasteiger charge is 2.20. The number of hydrogen-bond donors (Lipinski definition) is 0. The van der Waals surface area contributed by atoms with Gasteiger partial charge in [0.2, 0.25) is 0 Å². The predicted molar refractivity (Wildman–Crippen MR) is 178 cm³/mol. The maximum Gasteiger partial charge on any atom is 0.357 e. The van der Waals surface area contributed by atoms with E-state index in [9.17, 15) is 13.0 Å². The van der Waals surface area contributed by atoms with Gasteiger partial charge in [0.25, 0.3) is 0 Å². The van der Waals surface area contributed by atoms with Gasteiger partial charge >= 0.3 is 21.2 Å². The van der Waals surface area contributed by atoms with Crippen molar-refractivity contribution in [1.29, 1.82) is 0 Å². The molecule has 0 aliphatic heterocycles. The smallest absolute Gasteiger partial charge is 0.357 e. The first-order chi connectivity index (χ1) is 20.2. The standard InChI is InChI=1S/C20H26I.C18H30O3S/c1-19(2,3)15-7-11-17(12-8-15)21-18-13-9-16(10-14-18)20(4,5)6;1-2-3-4-5-6-7-8-9-10-11-14-17-15-12-13-16-18(17)22(19,20)21/h7-14H,1-6H3;12-13,15-16H,2-11,14H2,1H3,(H,19,20,21)/q+1;/p-1. The average molecular weight is 719 g/mol. The number of aryl methyl sites for hydroxylation is 1. The van der Waals surface area contributed by atoms with Crippen molar-refractivity contribution in [1.82, 2.24) is 0 Å². The van der Waals surface area contributed by atoms with Gasteiger partial charge in [0, 0.05) is 0 Å². The molecule has 0 aliphatic rings. The molecule has 3 aromatic rings. The number of halogens is 1. The zero-order chi connectivity index (χ0) is 31.9. The summed E-state index contributed by atoms with van der Waals surface area (Å²) in [6.45, 7) is 15.8. The lowest BCUT2D eigenvalue weighted by Gasteiger charge is -2.18. The Kier molecular flexibility index (Phi) is 16.0. The monoisotopic (exact) mass is 718 g/mol. The second-order valence-electron chi connectivity index (χ2n) is 13.6. The Morgan fingerprint density at radius 1 is 0.581 bits per heavy atom. The molecule has 0 heterocycles. The molecule has 0 bridgehead atoms. The fraction of sp³-hybridized carbons (Fsp3) is 0.526. The van der Waals surface area contributed by atoms with Crippen LogP contribution in [0.25, 0.3) is 0 Å². The average Bonchev–Trinajstić information content (AvgIpc) is 2.94. The Bertz CT molecular complexity index is 1240. The van der Waals surface area contributed by atoms with E-state index < -0.39 is 10.1 Å². The van der Waals surface area contributed by atoms with Crippen LogP contribution >= 0.6 is 0 Å². The van der Waals surface area contributed by atoms with Crippen LogP contribution in [-0.2, 0) is 27.4 Å². The summed E-state index contributed by atoms with van der Waals surface area (Å²) in [6, 6.07) is 25.0. The van der Waals surface area contributed by atoms with E-state index >= 15 is 0 Å². The van der Waals surface area contributed by atoms with Gasteiger partial charge in [-0.15, -0.1) is 0 Å². The highest BCUT2D eigenvalue weighted by molar-refractivity contribution is 7.85. The lowest BCUT2D eigenvalue weighted by atomic mass is 9.87. The Morgan fingerprint density at radius 2 is 0.977 bits per heavy atom. The number of unbranched alkanes of at least 4 members (excludes halogenated alkanes) is 9. The van der Waals surface area contributed by atoms with Gasteiger partial charge in [-0.3, -0.25) is 0 Å². The van der Waals surface area contributed by atoms with Crippen LogP contribution in [0, 0.1) is 7.14 Å². The third kappa shape index (κ3) is 14.8. The van der Waals surface area contributed by atoms with Gasteiger partial charge in [-0.2, -0.15) is 0 Å². The minimum absolute atomic E-state index is 0.0501. The maximum atomic E-state index is 11.2. The summed E-state index contributed by atoms with van der Waals surface area (Å²) in [5.74, 6) is 0. The fourth-order valence-corrected chi connectivity index (χ4v) is 7.80. The molecule has 0 aromatic heterocycles. The zero-order valence-corrected chi connectivity index (χ0v) is 30.7. The molecule has 0 saturated carbocycles. The van der Waals surface area contributed by atoms with Gasteiger partial charge in [0.15, 0.2) is 7.14 Å². The maximum absolute atomic E-state index is 11.2. The summed E-state index contributed by atoms with van der Waals surface area (Å²) in [7, 11) is -4.35. The van der Waals surface area contributed by atoms with Crippen LogP contribution in [0.5, 0.6) is 0 Å². The van der Waals surface area contributed by atoms with Crippen LogP contribution in [0.15, 0.2) is 77.7 Å². The number of rotatable bonds is 14. The summed E-state index contributed by atoms with van der Waals surface area (Å²) in [5, 5.41) is 0. The van der Waals surface area contributed by atoms with Gasteiger partial charge in [0.05, 0.1) is 4.90 Å². The molecule has 0 spiro atoms. The number of hydrogen-bond acceptors (Lipinski definition) is 3. The van der Waals surface area contributed by atoms with Crippen molar-refractivity contribution in [2.75, 3.05) is 0 Å². The summed E-state index contributed by atoms with van der Waals surface area (Å²) < 4.78 is 36.5. The van der Waals surface area contributed by atoms with Crippen molar-refractivity contribution in [2.24, 2.45) is 0 Å². The van der Waals surface area contributed by atoms with Gasteiger partial charge in [-0.1, -0.05) is 149 Å². The van der Waals surface area contributed by atoms with Crippen LogP contribution in [0.2, 0.25) is 0 Å². The highest BCUT2D eigenvalue weighted by atomic mass is 127. The minimum Gasteiger partial charge on any atom is -0.744 e. The van der Waals surface area contributed by atoms with E-state index in [1.807, 2.05) is 0 Å². The summed E-state index contributed by atoms with van der Waals surface area (Å²) in [5.41, 5.74) is 3.98. The first-order valence-electron chi connectivity index (χ1n) is 16.1. The van der Waals surface area contributed by atoms with Crippen molar-refractivity contribution in [2.45, 2.75) is 135 Å². The van der Waals surface area contributed by atoms with Crippen molar-refractivity contribution >= 4 is 10.1 Å². The molecule has 0 saturated heterocycles. The summed E-state index contributed by atoms with van der Waals surface area (Å²) in [4.78, 5) is -0.0501. The third-order valence-electron chi connectivity index (χ3n) is 7.68. The van der Waals surface area contributed by atoms with E-state index in [4.69, 9.17) is 0 Å². The molecule has 43 heavy (non-hydrogen) atoms. The lowest BCUT2D eigenvalue weighted by molar-refractivity contribution is -0.597. The topological polar surface area (TPSA) is 57.2 Å². The van der Waals surface area contributed by atoms with Crippen LogP contribution < -0.4 is 21.2 Å². The molecule has 0 aliphatic carbocycles. The summed E-state index contributed by atoms with van der Waals surface area (Å²) in [6.07, 6.45) is 13.2. The first-order valence-corrected chi connectivity index (χ1v) is 19.7. The predicted octanol–water partition coefficient (Wildman–Crippen LogP) is 7.46. The van der Waals surface area contributed by atoms with E-state index in [-0.39, 0.29) is 36.9 Å². The molecule has 3 aromatic carbocycles. The molecule has 3 nitrogen and oxygen atoms in total. The van der Waals surface area contributed by atoms with Crippen molar-refractivity contribution < 1.29 is 34.2 Å². The SMILES string of the molecule is CC(C)(C)c1ccc([I+]c2ccc(C(C)(C)C)cc2)cc1.CCCCCCCCCCCCc1ccccc1S(=O)(=O)[O-]. The van der Waals surface area contributed by atoms with E-state index in [2.05, 4.69) is 97.0 Å². The Labute approximate surface area is 274 Å². The molecule has 0 amide bonds. The van der Waals surface area contributed by atoms with Crippen molar-refractivity contribution in [3.05, 3.63) is 96.6 Å². The Morgan fingerprint density at radius 3 is 1.37 bits per heavy atom. The summed E-state index contributed by atoms with van der Waals surface area (Å²) >= 11 is -0.0703. The van der Waals surface area contributed by atoms with Gasteiger partial charge in [0.1, 0.15) is 10.1 Å². The molecule has 0 N–H and O–H groups in total. The normalized spacial score (nSPS) is 12.1. The first kappa shape index (κ1) is 37.5. The zero-order valence-electron chi connectivity index (χ0n) is 27.7. The van der Waals surface area contributed by atoms with Crippen LogP contribution in [-0.4, -0.2) is 13.0 Å². The van der Waals surface area contributed by atoms with E-state index in [1.54, 1.807) is 18.2 Å². The van der Waals surface area contributed by atoms with Crippen LogP contribution in [0.4, 0.5) is 0 Å². The van der Waals surface area contributed by atoms with Gasteiger partial charge < -0.3 is 4.55 Å². The molecule has 0 unspecified atom stereocenters. The quantitative estimate of drug-likeness (QED) is 0.0989. The highest BCUT2D eigenvalue weighted by Crippen LogP contribution is 2.22. The Hall–Kier alpha value is -1.70. The molecular weight excluding hydrogens is 663 g/mol. The van der Waals surface area contributed by atoms with E-state index in [0.29, 0.717) is 12.0 Å². The molecular formula is C38H55IO3S.